The van der Waals surface area contributed by atoms with Crippen LogP contribution in [0.4, 0.5) is 18.9 Å². The molecule has 0 aromatic heterocycles. The molecular weight excluding hydrogens is 215 g/mol. The first-order valence-corrected chi connectivity index (χ1v) is 5.29. The largest absolute Gasteiger partial charge is 0.416 e. The van der Waals surface area contributed by atoms with Crippen molar-refractivity contribution in [3.05, 3.63) is 29.3 Å². The number of hydrogen-bond donors (Lipinski definition) is 0. The maximum Gasteiger partial charge on any atom is 0.416 e. The number of alkyl halides is 3. The fourth-order valence-electron chi connectivity index (χ4n) is 2.30. The van der Waals surface area contributed by atoms with Gasteiger partial charge in [-0.25, -0.2) is 0 Å². The van der Waals surface area contributed by atoms with Crippen LogP contribution < -0.4 is 4.90 Å². The Labute approximate surface area is 92.9 Å². The first-order valence-electron chi connectivity index (χ1n) is 5.29. The molecular formula is C12H14F3N. The highest BCUT2D eigenvalue weighted by Gasteiger charge is 2.32. The van der Waals surface area contributed by atoms with E-state index in [9.17, 15) is 13.2 Å². The minimum Gasteiger partial charge on any atom is -0.374 e. The Bertz CT molecular complexity index is 398. The predicted molar refractivity (Wildman–Crippen MR) is 57.6 cm³/mol. The molecule has 2 rings (SSSR count). The summed E-state index contributed by atoms with van der Waals surface area (Å²) < 4.78 is 37.6. The molecule has 0 saturated carbocycles. The summed E-state index contributed by atoms with van der Waals surface area (Å²) in [5.74, 6) is 0.404. The van der Waals surface area contributed by atoms with Crippen molar-refractivity contribution >= 4 is 5.69 Å². The van der Waals surface area contributed by atoms with E-state index < -0.39 is 11.7 Å². The predicted octanol–water partition coefficient (Wildman–Crippen LogP) is 3.33. The van der Waals surface area contributed by atoms with E-state index in [2.05, 4.69) is 6.92 Å². The number of hydrogen-bond acceptors (Lipinski definition) is 1. The van der Waals surface area contributed by atoms with Crippen LogP contribution in [0.1, 0.15) is 18.1 Å². The summed E-state index contributed by atoms with van der Waals surface area (Å²) in [5, 5.41) is 0. The van der Waals surface area contributed by atoms with Crippen LogP contribution in [-0.4, -0.2) is 13.6 Å². The monoisotopic (exact) mass is 229 g/mol. The molecule has 16 heavy (non-hydrogen) atoms. The lowest BCUT2D eigenvalue weighted by molar-refractivity contribution is -0.137. The Morgan fingerprint density at radius 3 is 2.62 bits per heavy atom. The van der Waals surface area contributed by atoms with Crippen molar-refractivity contribution in [2.45, 2.75) is 19.5 Å². The molecule has 0 bridgehead atoms. The molecule has 0 radical (unpaired) electrons. The minimum atomic E-state index is -4.24. The SMILES string of the molecule is CC1Cc2cc(C(F)(F)F)ccc2N(C)C1. The van der Waals surface area contributed by atoms with Crippen LogP contribution in [0.15, 0.2) is 18.2 Å². The number of halogens is 3. The number of benzene rings is 1. The fraction of sp³-hybridized carbons (Fsp3) is 0.500. The Hall–Kier alpha value is -1.19. The molecule has 88 valence electrons. The highest BCUT2D eigenvalue weighted by atomic mass is 19.4. The quantitative estimate of drug-likeness (QED) is 0.659. The molecule has 0 fully saturated rings. The highest BCUT2D eigenvalue weighted by Crippen LogP contribution is 2.35. The van der Waals surface area contributed by atoms with Gasteiger partial charge in [0.1, 0.15) is 0 Å². The molecule has 1 aliphatic rings. The molecule has 4 heteroatoms. The Kier molecular flexibility index (Phi) is 2.60. The number of rotatable bonds is 0. The maximum atomic E-state index is 12.5. The van der Waals surface area contributed by atoms with E-state index in [1.165, 1.54) is 6.07 Å². The van der Waals surface area contributed by atoms with E-state index >= 15 is 0 Å². The molecule has 0 aliphatic carbocycles. The van der Waals surface area contributed by atoms with Gasteiger partial charge >= 0.3 is 6.18 Å². The minimum absolute atomic E-state index is 0.404. The van der Waals surface area contributed by atoms with Crippen LogP contribution in [-0.2, 0) is 12.6 Å². The highest BCUT2D eigenvalue weighted by molar-refractivity contribution is 5.56. The molecule has 1 heterocycles. The van der Waals surface area contributed by atoms with Crippen LogP contribution in [0.5, 0.6) is 0 Å². The van der Waals surface area contributed by atoms with Crippen molar-refractivity contribution in [1.82, 2.24) is 0 Å². The first-order chi connectivity index (χ1) is 7.38. The average Bonchev–Trinajstić information content (AvgIpc) is 2.15. The standard InChI is InChI=1S/C12H14F3N/c1-8-5-9-6-10(12(13,14)15)3-4-11(9)16(2)7-8/h3-4,6,8H,5,7H2,1-2H3. The van der Waals surface area contributed by atoms with Gasteiger partial charge in [0.15, 0.2) is 0 Å². The van der Waals surface area contributed by atoms with Gasteiger partial charge < -0.3 is 4.90 Å². The molecule has 0 amide bonds. The molecule has 0 N–H and O–H groups in total. The molecule has 0 spiro atoms. The maximum absolute atomic E-state index is 12.5. The van der Waals surface area contributed by atoms with Crippen molar-refractivity contribution in [2.24, 2.45) is 5.92 Å². The van der Waals surface area contributed by atoms with Crippen LogP contribution in [0, 0.1) is 5.92 Å². The summed E-state index contributed by atoms with van der Waals surface area (Å²) in [7, 11) is 1.92. The average molecular weight is 229 g/mol. The van der Waals surface area contributed by atoms with Crippen molar-refractivity contribution < 1.29 is 13.2 Å². The van der Waals surface area contributed by atoms with E-state index in [-0.39, 0.29) is 0 Å². The fourth-order valence-corrected chi connectivity index (χ4v) is 2.30. The topological polar surface area (TPSA) is 3.24 Å². The van der Waals surface area contributed by atoms with E-state index in [1.807, 2.05) is 11.9 Å². The van der Waals surface area contributed by atoms with Gasteiger partial charge in [-0.2, -0.15) is 13.2 Å². The molecule has 1 aromatic rings. The molecule has 1 aromatic carbocycles. The zero-order valence-corrected chi connectivity index (χ0v) is 9.30. The zero-order valence-electron chi connectivity index (χ0n) is 9.30. The summed E-state index contributed by atoms with van der Waals surface area (Å²) in [6, 6.07) is 4.01. The second-order valence-corrected chi connectivity index (χ2v) is 4.53. The smallest absolute Gasteiger partial charge is 0.374 e. The second-order valence-electron chi connectivity index (χ2n) is 4.53. The lowest BCUT2D eigenvalue weighted by Crippen LogP contribution is -2.30. The van der Waals surface area contributed by atoms with E-state index in [4.69, 9.17) is 0 Å². The number of nitrogens with zero attached hydrogens (tertiary/aromatic N) is 1. The molecule has 1 nitrogen and oxygen atoms in total. The third kappa shape index (κ3) is 2.01. The van der Waals surface area contributed by atoms with Crippen LogP contribution in [0.3, 0.4) is 0 Å². The summed E-state index contributed by atoms with van der Waals surface area (Å²) >= 11 is 0. The summed E-state index contributed by atoms with van der Waals surface area (Å²) in [4.78, 5) is 2.02. The van der Waals surface area contributed by atoms with Crippen LogP contribution >= 0.6 is 0 Å². The van der Waals surface area contributed by atoms with Crippen molar-refractivity contribution in [3.63, 3.8) is 0 Å². The zero-order chi connectivity index (χ0) is 11.9. The van der Waals surface area contributed by atoms with Crippen molar-refractivity contribution in [2.75, 3.05) is 18.5 Å². The third-order valence-corrected chi connectivity index (χ3v) is 2.97. The third-order valence-electron chi connectivity index (χ3n) is 2.97. The van der Waals surface area contributed by atoms with Gasteiger partial charge in [0.25, 0.3) is 0 Å². The molecule has 1 unspecified atom stereocenters. The van der Waals surface area contributed by atoms with Crippen molar-refractivity contribution in [1.29, 1.82) is 0 Å². The van der Waals surface area contributed by atoms with Gasteiger partial charge in [-0.15, -0.1) is 0 Å². The van der Waals surface area contributed by atoms with Gasteiger partial charge in [-0.05, 0) is 36.1 Å². The summed E-state index contributed by atoms with van der Waals surface area (Å²) in [5.41, 5.74) is 1.18. The molecule has 0 saturated heterocycles. The number of fused-ring (bicyclic) bond motifs is 1. The van der Waals surface area contributed by atoms with Crippen LogP contribution in [0.25, 0.3) is 0 Å². The van der Waals surface area contributed by atoms with Gasteiger partial charge in [0.2, 0.25) is 0 Å². The van der Waals surface area contributed by atoms with E-state index in [1.54, 1.807) is 6.07 Å². The molecule has 1 atom stereocenters. The van der Waals surface area contributed by atoms with Gasteiger partial charge in [0, 0.05) is 19.3 Å². The lowest BCUT2D eigenvalue weighted by atomic mass is 9.93. The van der Waals surface area contributed by atoms with E-state index in [0.717, 1.165) is 30.3 Å². The first kappa shape index (κ1) is 11.3. The lowest BCUT2D eigenvalue weighted by Gasteiger charge is -2.32. The molecule has 1 aliphatic heterocycles. The Morgan fingerprint density at radius 2 is 2.00 bits per heavy atom. The second kappa shape index (κ2) is 3.68. The van der Waals surface area contributed by atoms with Gasteiger partial charge in [0.05, 0.1) is 5.56 Å². The Morgan fingerprint density at radius 1 is 1.31 bits per heavy atom. The van der Waals surface area contributed by atoms with Gasteiger partial charge in [-0.3, -0.25) is 0 Å². The summed E-state index contributed by atoms with van der Waals surface area (Å²) in [6.45, 7) is 2.96. The summed E-state index contributed by atoms with van der Waals surface area (Å²) in [6.07, 6.45) is -3.52. The Balaban J connectivity index is 2.42. The normalized spacial score (nSPS) is 20.8. The van der Waals surface area contributed by atoms with Gasteiger partial charge in [-0.1, -0.05) is 6.92 Å². The van der Waals surface area contributed by atoms with Crippen LogP contribution in [0.2, 0.25) is 0 Å². The van der Waals surface area contributed by atoms with E-state index in [0.29, 0.717) is 5.92 Å². The van der Waals surface area contributed by atoms with Crippen molar-refractivity contribution in [3.8, 4) is 0 Å². The number of anilines is 1.